The topological polar surface area (TPSA) is 66.8 Å². The first-order valence-electron chi connectivity index (χ1n) is 5.34. The smallest absolute Gasteiger partial charge is 0.339 e. The maximum atomic E-state index is 12.6. The SMILES string of the molecule is CCOC(=O)C(O)c1cc(C)c(O)c(C(F)F)c1. The molecule has 0 radical (unpaired) electrons. The second kappa shape index (κ2) is 5.77. The highest BCUT2D eigenvalue weighted by Gasteiger charge is 2.23. The zero-order valence-corrected chi connectivity index (χ0v) is 9.98. The quantitative estimate of drug-likeness (QED) is 0.815. The first-order valence-corrected chi connectivity index (χ1v) is 5.34. The van der Waals surface area contributed by atoms with E-state index < -0.39 is 29.8 Å². The number of phenolic OH excluding ortho intramolecular Hbond substituents is 1. The molecule has 4 nitrogen and oxygen atoms in total. The molecular formula is C12H14F2O4. The number of aliphatic hydroxyl groups is 1. The number of benzene rings is 1. The van der Waals surface area contributed by atoms with Gasteiger partial charge in [0.2, 0.25) is 0 Å². The molecule has 0 spiro atoms. The Morgan fingerprint density at radius 1 is 1.44 bits per heavy atom. The molecule has 0 aliphatic carbocycles. The fourth-order valence-electron chi connectivity index (χ4n) is 1.52. The van der Waals surface area contributed by atoms with Crippen LogP contribution >= 0.6 is 0 Å². The van der Waals surface area contributed by atoms with Crippen molar-refractivity contribution in [3.63, 3.8) is 0 Å². The summed E-state index contributed by atoms with van der Waals surface area (Å²) in [5.74, 6) is -1.45. The number of esters is 1. The third-order valence-electron chi connectivity index (χ3n) is 2.41. The third-order valence-corrected chi connectivity index (χ3v) is 2.41. The van der Waals surface area contributed by atoms with E-state index in [0.29, 0.717) is 0 Å². The number of carbonyl (C=O) groups excluding carboxylic acids is 1. The van der Waals surface area contributed by atoms with Crippen LogP contribution in [0.15, 0.2) is 12.1 Å². The monoisotopic (exact) mass is 260 g/mol. The van der Waals surface area contributed by atoms with Gasteiger partial charge in [-0.3, -0.25) is 0 Å². The van der Waals surface area contributed by atoms with Crippen LogP contribution in [0.5, 0.6) is 5.75 Å². The standard InChI is InChI=1S/C12H14F2O4/c1-3-18-12(17)10(16)7-4-6(2)9(15)8(5-7)11(13)14/h4-5,10-11,15-16H,3H2,1-2H3. The molecule has 1 rings (SSSR count). The highest BCUT2D eigenvalue weighted by Crippen LogP contribution is 2.33. The van der Waals surface area contributed by atoms with E-state index in [0.717, 1.165) is 6.07 Å². The van der Waals surface area contributed by atoms with Gasteiger partial charge in [-0.1, -0.05) is 0 Å². The molecule has 0 saturated carbocycles. The van der Waals surface area contributed by atoms with Crippen molar-refractivity contribution in [2.75, 3.05) is 6.61 Å². The van der Waals surface area contributed by atoms with Gasteiger partial charge < -0.3 is 14.9 Å². The van der Waals surface area contributed by atoms with Crippen LogP contribution in [0.1, 0.15) is 36.1 Å². The highest BCUT2D eigenvalue weighted by molar-refractivity contribution is 5.76. The number of halogens is 2. The van der Waals surface area contributed by atoms with Crippen LogP contribution in [0.2, 0.25) is 0 Å². The molecule has 0 saturated heterocycles. The van der Waals surface area contributed by atoms with Crippen LogP contribution in [-0.4, -0.2) is 22.8 Å². The van der Waals surface area contributed by atoms with Gasteiger partial charge in [0.25, 0.3) is 6.43 Å². The Labute approximate surface area is 103 Å². The molecule has 0 aromatic heterocycles. The van der Waals surface area contributed by atoms with Crippen LogP contribution < -0.4 is 0 Å². The molecule has 0 aliphatic heterocycles. The molecule has 0 amide bonds. The second-order valence-electron chi connectivity index (χ2n) is 3.73. The third kappa shape index (κ3) is 2.95. The Hall–Kier alpha value is -1.69. The molecule has 100 valence electrons. The molecule has 1 atom stereocenters. The molecule has 6 heteroatoms. The van der Waals surface area contributed by atoms with Crippen LogP contribution in [-0.2, 0) is 9.53 Å². The van der Waals surface area contributed by atoms with Crippen molar-refractivity contribution in [1.29, 1.82) is 0 Å². The summed E-state index contributed by atoms with van der Waals surface area (Å²) in [5.41, 5.74) is -0.487. The zero-order chi connectivity index (χ0) is 13.9. The van der Waals surface area contributed by atoms with Crippen molar-refractivity contribution >= 4 is 5.97 Å². The lowest BCUT2D eigenvalue weighted by Crippen LogP contribution is -2.15. The van der Waals surface area contributed by atoms with Crippen LogP contribution in [0.4, 0.5) is 8.78 Å². The second-order valence-corrected chi connectivity index (χ2v) is 3.73. The van der Waals surface area contributed by atoms with Gasteiger partial charge in [-0.15, -0.1) is 0 Å². The number of rotatable bonds is 4. The number of aliphatic hydroxyl groups excluding tert-OH is 1. The minimum Gasteiger partial charge on any atom is -0.507 e. The molecule has 1 aromatic carbocycles. The Bertz CT molecular complexity index is 446. The Morgan fingerprint density at radius 2 is 2.06 bits per heavy atom. The van der Waals surface area contributed by atoms with Gasteiger partial charge in [-0.05, 0) is 37.1 Å². The average molecular weight is 260 g/mol. The minimum atomic E-state index is -2.89. The molecule has 0 aliphatic rings. The number of ether oxygens (including phenoxy) is 1. The fourth-order valence-corrected chi connectivity index (χ4v) is 1.52. The molecule has 2 N–H and O–H groups in total. The lowest BCUT2D eigenvalue weighted by Gasteiger charge is -2.14. The molecule has 1 unspecified atom stereocenters. The van der Waals surface area contributed by atoms with E-state index in [1.807, 2.05) is 0 Å². The number of phenols is 1. The summed E-state index contributed by atoms with van der Waals surface area (Å²) in [4.78, 5) is 11.3. The van der Waals surface area contributed by atoms with Gasteiger partial charge in [0.1, 0.15) is 5.75 Å². The predicted octanol–water partition coefficient (Wildman–Crippen LogP) is 2.23. The number of hydrogen-bond acceptors (Lipinski definition) is 4. The number of hydrogen-bond donors (Lipinski definition) is 2. The summed E-state index contributed by atoms with van der Waals surface area (Å²) in [7, 11) is 0. The predicted molar refractivity (Wildman–Crippen MR) is 59.4 cm³/mol. The van der Waals surface area contributed by atoms with Crippen molar-refractivity contribution < 1.29 is 28.5 Å². The number of aromatic hydroxyl groups is 1. The van der Waals surface area contributed by atoms with E-state index in [1.54, 1.807) is 6.92 Å². The molecule has 1 aromatic rings. The van der Waals surface area contributed by atoms with E-state index >= 15 is 0 Å². The number of aryl methyl sites for hydroxylation is 1. The summed E-state index contributed by atoms with van der Waals surface area (Å²) < 4.78 is 29.9. The van der Waals surface area contributed by atoms with Crippen molar-refractivity contribution in [2.24, 2.45) is 0 Å². The lowest BCUT2D eigenvalue weighted by molar-refractivity contribution is -0.153. The van der Waals surface area contributed by atoms with Crippen LogP contribution in [0.3, 0.4) is 0 Å². The molecule has 0 fully saturated rings. The van der Waals surface area contributed by atoms with Gasteiger partial charge in [0, 0.05) is 0 Å². The van der Waals surface area contributed by atoms with Crippen molar-refractivity contribution in [3.8, 4) is 5.75 Å². The van der Waals surface area contributed by atoms with E-state index in [2.05, 4.69) is 4.74 Å². The van der Waals surface area contributed by atoms with Gasteiger partial charge in [-0.25, -0.2) is 13.6 Å². The fraction of sp³-hybridized carbons (Fsp3) is 0.417. The van der Waals surface area contributed by atoms with Gasteiger partial charge in [0.15, 0.2) is 6.10 Å². The van der Waals surface area contributed by atoms with E-state index in [1.165, 1.54) is 13.0 Å². The highest BCUT2D eigenvalue weighted by atomic mass is 19.3. The average Bonchev–Trinajstić information content (AvgIpc) is 2.31. The Balaban J connectivity index is 3.14. The first-order chi connectivity index (χ1) is 8.38. The van der Waals surface area contributed by atoms with Gasteiger partial charge >= 0.3 is 5.97 Å². The van der Waals surface area contributed by atoms with Crippen LogP contribution in [0.25, 0.3) is 0 Å². The van der Waals surface area contributed by atoms with E-state index in [-0.39, 0.29) is 17.7 Å². The number of carbonyl (C=O) groups is 1. The first kappa shape index (κ1) is 14.4. The molecule has 0 bridgehead atoms. The summed E-state index contributed by atoms with van der Waals surface area (Å²) in [6, 6.07) is 2.16. The largest absolute Gasteiger partial charge is 0.507 e. The maximum absolute atomic E-state index is 12.6. The Kier molecular flexibility index (Phi) is 4.61. The normalized spacial score (nSPS) is 12.6. The van der Waals surface area contributed by atoms with Crippen molar-refractivity contribution in [3.05, 3.63) is 28.8 Å². The number of alkyl halides is 2. The van der Waals surface area contributed by atoms with Gasteiger partial charge in [-0.2, -0.15) is 0 Å². The molecule has 18 heavy (non-hydrogen) atoms. The lowest BCUT2D eigenvalue weighted by atomic mass is 10.0. The van der Waals surface area contributed by atoms with Crippen molar-refractivity contribution in [2.45, 2.75) is 26.4 Å². The van der Waals surface area contributed by atoms with E-state index in [9.17, 15) is 23.8 Å². The molecule has 0 heterocycles. The minimum absolute atomic E-state index is 0.0287. The summed E-state index contributed by atoms with van der Waals surface area (Å²) >= 11 is 0. The van der Waals surface area contributed by atoms with Crippen molar-refractivity contribution in [1.82, 2.24) is 0 Å². The Morgan fingerprint density at radius 3 is 2.56 bits per heavy atom. The molecular weight excluding hydrogens is 246 g/mol. The summed E-state index contributed by atoms with van der Waals surface area (Å²) in [6.07, 6.45) is -4.53. The summed E-state index contributed by atoms with van der Waals surface area (Å²) in [5, 5.41) is 19.1. The van der Waals surface area contributed by atoms with Gasteiger partial charge in [0.05, 0.1) is 12.2 Å². The summed E-state index contributed by atoms with van der Waals surface area (Å²) in [6.45, 7) is 3.05. The van der Waals surface area contributed by atoms with E-state index in [4.69, 9.17) is 0 Å². The maximum Gasteiger partial charge on any atom is 0.339 e. The van der Waals surface area contributed by atoms with Crippen LogP contribution in [0, 0.1) is 6.92 Å². The zero-order valence-electron chi connectivity index (χ0n) is 9.98.